The van der Waals surface area contributed by atoms with E-state index in [1.54, 1.807) is 0 Å². The van der Waals surface area contributed by atoms with Gasteiger partial charge < -0.3 is 5.73 Å². The van der Waals surface area contributed by atoms with Gasteiger partial charge in [-0.1, -0.05) is 31.2 Å². The van der Waals surface area contributed by atoms with Crippen molar-refractivity contribution < 1.29 is 4.79 Å². The van der Waals surface area contributed by atoms with Gasteiger partial charge in [0.15, 0.2) is 0 Å². The number of hydrogen-bond donors (Lipinski definition) is 2. The molecule has 1 aromatic rings. The van der Waals surface area contributed by atoms with Crippen LogP contribution in [0.25, 0.3) is 0 Å². The molecule has 0 unspecified atom stereocenters. The number of nitrogens with zero attached hydrogens (tertiary/aromatic N) is 1. The Hall–Kier alpha value is -1.68. The fraction of sp³-hybridized carbons (Fsp3) is 0.333. The quantitative estimate of drug-likeness (QED) is 0.769. The number of amides is 1. The van der Waals surface area contributed by atoms with Crippen molar-refractivity contribution in [3.63, 3.8) is 0 Å². The van der Waals surface area contributed by atoms with Crippen LogP contribution in [0.4, 0.5) is 0 Å². The highest BCUT2D eigenvalue weighted by Crippen LogP contribution is 2.11. The van der Waals surface area contributed by atoms with Crippen LogP contribution in [-0.4, -0.2) is 17.7 Å². The number of carbonyl (C=O) groups is 1. The molecule has 1 heterocycles. The highest BCUT2D eigenvalue weighted by Gasteiger charge is 2.21. The zero-order chi connectivity index (χ0) is 11.5. The monoisotopic (exact) mass is 217 g/mol. The number of nitrogens with two attached hydrogens (primary N) is 1. The molecular formula is C12H15N3O. The summed E-state index contributed by atoms with van der Waals surface area (Å²) in [5, 5.41) is 4.02. The van der Waals surface area contributed by atoms with Crippen molar-refractivity contribution in [1.82, 2.24) is 5.43 Å². The molecule has 1 aliphatic rings. The molecule has 0 aromatic heterocycles. The van der Waals surface area contributed by atoms with Gasteiger partial charge in [-0.3, -0.25) is 4.79 Å². The molecule has 0 saturated heterocycles. The van der Waals surface area contributed by atoms with Crippen molar-refractivity contribution in [2.24, 2.45) is 10.8 Å². The van der Waals surface area contributed by atoms with Crippen LogP contribution in [-0.2, 0) is 11.2 Å². The van der Waals surface area contributed by atoms with Gasteiger partial charge >= 0.3 is 0 Å². The molecule has 1 aliphatic heterocycles. The van der Waals surface area contributed by atoms with E-state index < -0.39 is 6.04 Å². The van der Waals surface area contributed by atoms with E-state index in [9.17, 15) is 4.79 Å². The van der Waals surface area contributed by atoms with E-state index in [0.717, 1.165) is 17.7 Å². The number of rotatable bonds is 2. The minimum Gasteiger partial charge on any atom is -0.320 e. The first kappa shape index (κ1) is 10.8. The van der Waals surface area contributed by atoms with Gasteiger partial charge in [-0.15, -0.1) is 0 Å². The maximum atomic E-state index is 11.1. The molecule has 0 spiro atoms. The Morgan fingerprint density at radius 1 is 1.44 bits per heavy atom. The molecule has 0 aliphatic carbocycles. The second-order valence-electron chi connectivity index (χ2n) is 3.90. The van der Waals surface area contributed by atoms with Gasteiger partial charge in [0.25, 0.3) is 5.91 Å². The smallest absolute Gasteiger partial charge is 0.257 e. The Labute approximate surface area is 94.5 Å². The van der Waals surface area contributed by atoms with E-state index in [2.05, 4.69) is 29.6 Å². The largest absolute Gasteiger partial charge is 0.320 e. The van der Waals surface area contributed by atoms with Crippen molar-refractivity contribution in [2.45, 2.75) is 25.8 Å². The first-order valence-electron chi connectivity index (χ1n) is 5.42. The zero-order valence-electron chi connectivity index (χ0n) is 9.23. The molecule has 1 aromatic carbocycles. The molecule has 84 valence electrons. The maximum absolute atomic E-state index is 11.1. The molecule has 1 amide bonds. The van der Waals surface area contributed by atoms with Gasteiger partial charge in [0.2, 0.25) is 0 Å². The van der Waals surface area contributed by atoms with Crippen molar-refractivity contribution in [1.29, 1.82) is 0 Å². The van der Waals surface area contributed by atoms with Crippen LogP contribution in [0, 0.1) is 0 Å². The molecule has 0 bridgehead atoms. The highest BCUT2D eigenvalue weighted by atomic mass is 16.2. The molecule has 4 heteroatoms. The molecule has 0 radical (unpaired) electrons. The SMILES string of the molecule is CCc1ccc(C2=NNC(=O)[C@H](N)C2)cc1. The Morgan fingerprint density at radius 3 is 2.69 bits per heavy atom. The average molecular weight is 217 g/mol. The Morgan fingerprint density at radius 2 is 2.12 bits per heavy atom. The second kappa shape index (κ2) is 4.45. The minimum absolute atomic E-state index is 0.214. The van der Waals surface area contributed by atoms with Crippen molar-refractivity contribution in [3.05, 3.63) is 35.4 Å². The normalized spacial score (nSPS) is 20.2. The molecule has 4 nitrogen and oxygen atoms in total. The number of nitrogens with one attached hydrogen (secondary N) is 1. The van der Waals surface area contributed by atoms with Crippen LogP contribution < -0.4 is 11.2 Å². The summed E-state index contributed by atoms with van der Waals surface area (Å²) in [5.74, 6) is -0.214. The summed E-state index contributed by atoms with van der Waals surface area (Å²) < 4.78 is 0. The lowest BCUT2D eigenvalue weighted by Crippen LogP contribution is -2.44. The number of benzene rings is 1. The van der Waals surface area contributed by atoms with Crippen LogP contribution >= 0.6 is 0 Å². The Balaban J connectivity index is 2.21. The van der Waals surface area contributed by atoms with Gasteiger partial charge in [-0.05, 0) is 17.5 Å². The van der Waals surface area contributed by atoms with Crippen LogP contribution in [0.5, 0.6) is 0 Å². The first-order valence-corrected chi connectivity index (χ1v) is 5.42. The maximum Gasteiger partial charge on any atom is 0.257 e. The zero-order valence-corrected chi connectivity index (χ0v) is 9.23. The van der Waals surface area contributed by atoms with E-state index in [1.165, 1.54) is 5.56 Å². The van der Waals surface area contributed by atoms with E-state index >= 15 is 0 Å². The van der Waals surface area contributed by atoms with Gasteiger partial charge in [0.1, 0.15) is 0 Å². The highest BCUT2D eigenvalue weighted by molar-refractivity contribution is 6.05. The number of hydrogen-bond acceptors (Lipinski definition) is 3. The third kappa shape index (κ3) is 2.12. The third-order valence-electron chi connectivity index (χ3n) is 2.75. The van der Waals surface area contributed by atoms with Crippen LogP contribution in [0.1, 0.15) is 24.5 Å². The molecule has 1 atom stereocenters. The molecule has 3 N–H and O–H groups in total. The lowest BCUT2D eigenvalue weighted by atomic mass is 10.00. The summed E-state index contributed by atoms with van der Waals surface area (Å²) in [7, 11) is 0. The lowest BCUT2D eigenvalue weighted by Gasteiger charge is -2.17. The molecule has 0 saturated carbocycles. The Kier molecular flexibility index (Phi) is 3.01. The second-order valence-corrected chi connectivity index (χ2v) is 3.90. The van der Waals surface area contributed by atoms with Crippen molar-refractivity contribution in [2.75, 3.05) is 0 Å². The summed E-state index contributed by atoms with van der Waals surface area (Å²) in [6.45, 7) is 2.11. The summed E-state index contributed by atoms with van der Waals surface area (Å²) in [5.41, 5.74) is 11.3. The molecule has 2 rings (SSSR count). The van der Waals surface area contributed by atoms with Gasteiger partial charge in [0.05, 0.1) is 11.8 Å². The number of aryl methyl sites for hydroxylation is 1. The average Bonchev–Trinajstić information content (AvgIpc) is 2.33. The third-order valence-corrected chi connectivity index (χ3v) is 2.75. The number of carbonyl (C=O) groups excluding carboxylic acids is 1. The van der Waals surface area contributed by atoms with Gasteiger partial charge in [-0.25, -0.2) is 5.43 Å². The fourth-order valence-corrected chi connectivity index (χ4v) is 1.67. The summed E-state index contributed by atoms with van der Waals surface area (Å²) in [6.07, 6.45) is 1.51. The predicted molar refractivity (Wildman–Crippen MR) is 63.1 cm³/mol. The summed E-state index contributed by atoms with van der Waals surface area (Å²) in [6, 6.07) is 7.68. The molecular weight excluding hydrogens is 202 g/mol. The van der Waals surface area contributed by atoms with E-state index in [4.69, 9.17) is 5.73 Å². The standard InChI is InChI=1S/C12H15N3O/c1-2-8-3-5-9(6-4-8)11-7-10(13)12(16)15-14-11/h3-6,10H,2,7,13H2,1H3,(H,15,16)/t10-/m1/s1. The van der Waals surface area contributed by atoms with Crippen LogP contribution in [0.2, 0.25) is 0 Å². The van der Waals surface area contributed by atoms with Crippen molar-refractivity contribution >= 4 is 11.6 Å². The fourth-order valence-electron chi connectivity index (χ4n) is 1.67. The first-order chi connectivity index (χ1) is 7.70. The molecule has 0 fully saturated rings. The Bertz CT molecular complexity index is 422. The van der Waals surface area contributed by atoms with Gasteiger partial charge in [-0.2, -0.15) is 5.10 Å². The molecule has 16 heavy (non-hydrogen) atoms. The van der Waals surface area contributed by atoms with E-state index in [-0.39, 0.29) is 5.91 Å². The van der Waals surface area contributed by atoms with Crippen LogP contribution in [0.15, 0.2) is 29.4 Å². The van der Waals surface area contributed by atoms with E-state index in [0.29, 0.717) is 6.42 Å². The number of hydrazone groups is 1. The van der Waals surface area contributed by atoms with E-state index in [1.807, 2.05) is 12.1 Å². The topological polar surface area (TPSA) is 67.5 Å². The van der Waals surface area contributed by atoms with Gasteiger partial charge in [0, 0.05) is 6.42 Å². The predicted octanol–water partition coefficient (Wildman–Crippen LogP) is 0.800. The summed E-state index contributed by atoms with van der Waals surface area (Å²) >= 11 is 0. The lowest BCUT2D eigenvalue weighted by molar-refractivity contribution is -0.122. The van der Waals surface area contributed by atoms with Crippen molar-refractivity contribution in [3.8, 4) is 0 Å². The van der Waals surface area contributed by atoms with Crippen LogP contribution in [0.3, 0.4) is 0 Å². The minimum atomic E-state index is -0.488. The summed E-state index contributed by atoms with van der Waals surface area (Å²) in [4.78, 5) is 11.1.